The van der Waals surface area contributed by atoms with Crippen LogP contribution in [0.5, 0.6) is 0 Å². The fourth-order valence-corrected chi connectivity index (χ4v) is 5.19. The number of halogens is 1. The molecule has 1 N–H and O–H groups in total. The van der Waals surface area contributed by atoms with Crippen molar-refractivity contribution in [2.24, 2.45) is 5.92 Å². The Balaban J connectivity index is 1.65. The lowest BCUT2D eigenvalue weighted by Gasteiger charge is -2.24. The Kier molecular flexibility index (Phi) is 4.86. The van der Waals surface area contributed by atoms with Crippen molar-refractivity contribution in [3.05, 3.63) is 62.3 Å². The summed E-state index contributed by atoms with van der Waals surface area (Å²) in [6.07, 6.45) is 3.12. The molecule has 2 unspecified atom stereocenters. The van der Waals surface area contributed by atoms with Crippen molar-refractivity contribution < 1.29 is 4.39 Å². The molecule has 2 atom stereocenters. The van der Waals surface area contributed by atoms with Crippen LogP contribution in [0.1, 0.15) is 48.1 Å². The van der Waals surface area contributed by atoms with Crippen molar-refractivity contribution in [1.29, 1.82) is 0 Å². The molecular weight excluding hydrogens is 361 g/mol. The van der Waals surface area contributed by atoms with Gasteiger partial charge in [-0.15, -0.1) is 11.3 Å². The molecule has 1 aliphatic rings. The highest BCUT2D eigenvalue weighted by atomic mass is 32.1. The van der Waals surface area contributed by atoms with E-state index in [-0.39, 0.29) is 17.4 Å². The molecule has 0 fully saturated rings. The molecule has 0 bridgehead atoms. The number of thiophene rings is 1. The molecule has 4 nitrogen and oxygen atoms in total. The maximum atomic E-state index is 14.0. The van der Waals surface area contributed by atoms with Crippen LogP contribution >= 0.6 is 11.3 Å². The van der Waals surface area contributed by atoms with Crippen LogP contribution < -0.4 is 5.56 Å². The third-order valence-electron chi connectivity index (χ3n) is 5.62. The van der Waals surface area contributed by atoms with Gasteiger partial charge in [-0.2, -0.15) is 0 Å². The first-order valence-electron chi connectivity index (χ1n) is 9.42. The van der Waals surface area contributed by atoms with Crippen molar-refractivity contribution in [3.63, 3.8) is 0 Å². The Morgan fingerprint density at radius 1 is 1.41 bits per heavy atom. The average molecular weight is 386 g/mol. The quantitative estimate of drug-likeness (QED) is 0.722. The molecule has 0 radical (unpaired) electrons. The lowest BCUT2D eigenvalue weighted by Crippen LogP contribution is -2.26. The number of aryl methyl sites for hydroxylation is 1. The zero-order valence-electron chi connectivity index (χ0n) is 15.9. The monoisotopic (exact) mass is 385 g/mol. The topological polar surface area (TPSA) is 49.0 Å². The SMILES string of the molecule is CC1CCc2c(sc3nc(C(C)N(C)Cc4ccccc4F)[nH]c(=O)c23)C1. The molecule has 0 saturated heterocycles. The van der Waals surface area contributed by atoms with Crippen LogP contribution in [0.25, 0.3) is 10.2 Å². The summed E-state index contributed by atoms with van der Waals surface area (Å²) in [5.74, 6) is 1.08. The molecule has 0 saturated carbocycles. The predicted octanol–water partition coefficient (Wildman–Crippen LogP) is 4.44. The van der Waals surface area contributed by atoms with E-state index in [1.807, 2.05) is 24.9 Å². The lowest BCUT2D eigenvalue weighted by molar-refractivity contribution is 0.240. The molecule has 3 aromatic rings. The highest BCUT2D eigenvalue weighted by Gasteiger charge is 2.24. The van der Waals surface area contributed by atoms with Crippen LogP contribution in [0, 0.1) is 11.7 Å². The van der Waals surface area contributed by atoms with Gasteiger partial charge in [-0.1, -0.05) is 25.1 Å². The fourth-order valence-electron chi connectivity index (χ4n) is 3.80. The first kappa shape index (κ1) is 18.3. The smallest absolute Gasteiger partial charge is 0.259 e. The summed E-state index contributed by atoms with van der Waals surface area (Å²) in [7, 11) is 1.92. The predicted molar refractivity (Wildman–Crippen MR) is 108 cm³/mol. The van der Waals surface area contributed by atoms with E-state index in [2.05, 4.69) is 11.9 Å². The fraction of sp³-hybridized carbons (Fsp3) is 0.429. The van der Waals surface area contributed by atoms with Crippen LogP contribution in [0.4, 0.5) is 4.39 Å². The molecule has 2 heterocycles. The average Bonchev–Trinajstić information content (AvgIpc) is 3.00. The minimum Gasteiger partial charge on any atom is -0.309 e. The van der Waals surface area contributed by atoms with Gasteiger partial charge in [-0.3, -0.25) is 9.69 Å². The largest absolute Gasteiger partial charge is 0.309 e. The molecule has 0 amide bonds. The Labute approximate surface area is 162 Å². The highest BCUT2D eigenvalue weighted by Crippen LogP contribution is 2.36. The van der Waals surface area contributed by atoms with Gasteiger partial charge in [0.25, 0.3) is 5.56 Å². The summed E-state index contributed by atoms with van der Waals surface area (Å²) in [5, 5.41) is 0.773. The summed E-state index contributed by atoms with van der Waals surface area (Å²) in [5.41, 5.74) is 1.78. The molecule has 1 aliphatic carbocycles. The van der Waals surface area contributed by atoms with Gasteiger partial charge in [0, 0.05) is 17.0 Å². The van der Waals surface area contributed by atoms with Crippen LogP contribution in [-0.2, 0) is 19.4 Å². The lowest BCUT2D eigenvalue weighted by atomic mass is 9.89. The van der Waals surface area contributed by atoms with Crippen molar-refractivity contribution in [2.75, 3.05) is 7.05 Å². The minimum absolute atomic E-state index is 0.0480. The molecular formula is C21H24FN3OS. The molecule has 6 heteroatoms. The van der Waals surface area contributed by atoms with Crippen molar-refractivity contribution >= 4 is 21.6 Å². The van der Waals surface area contributed by atoms with Gasteiger partial charge in [-0.25, -0.2) is 9.37 Å². The van der Waals surface area contributed by atoms with Crippen LogP contribution in [0.2, 0.25) is 0 Å². The summed E-state index contributed by atoms with van der Waals surface area (Å²) in [6.45, 7) is 4.70. The number of fused-ring (bicyclic) bond motifs is 3. The Morgan fingerprint density at radius 2 is 2.19 bits per heavy atom. The van der Waals surface area contributed by atoms with E-state index in [0.29, 0.717) is 23.9 Å². The Bertz CT molecular complexity index is 1040. The number of hydrogen-bond donors (Lipinski definition) is 1. The van der Waals surface area contributed by atoms with Gasteiger partial charge >= 0.3 is 0 Å². The van der Waals surface area contributed by atoms with Crippen molar-refractivity contribution in [1.82, 2.24) is 14.9 Å². The zero-order valence-corrected chi connectivity index (χ0v) is 16.7. The second-order valence-electron chi connectivity index (χ2n) is 7.67. The van der Waals surface area contributed by atoms with Crippen molar-refractivity contribution in [2.45, 2.75) is 45.7 Å². The van der Waals surface area contributed by atoms with E-state index in [1.54, 1.807) is 23.5 Å². The second kappa shape index (κ2) is 7.17. The molecule has 142 valence electrons. The number of nitrogens with zero attached hydrogens (tertiary/aromatic N) is 2. The summed E-state index contributed by atoms with van der Waals surface area (Å²) < 4.78 is 14.0. The second-order valence-corrected chi connectivity index (χ2v) is 8.75. The Hall–Kier alpha value is -2.05. The van der Waals surface area contributed by atoms with Crippen LogP contribution in [-0.4, -0.2) is 21.9 Å². The third-order valence-corrected chi connectivity index (χ3v) is 6.77. The van der Waals surface area contributed by atoms with Gasteiger partial charge in [-0.05, 0) is 50.8 Å². The zero-order chi connectivity index (χ0) is 19.1. The van der Waals surface area contributed by atoms with E-state index in [9.17, 15) is 9.18 Å². The third kappa shape index (κ3) is 3.44. The number of benzene rings is 1. The van der Waals surface area contributed by atoms with E-state index in [0.717, 1.165) is 29.5 Å². The normalized spacial score (nSPS) is 18.0. The van der Waals surface area contributed by atoms with Gasteiger partial charge < -0.3 is 4.98 Å². The summed E-state index contributed by atoms with van der Waals surface area (Å²) >= 11 is 1.66. The van der Waals surface area contributed by atoms with Crippen LogP contribution in [0.15, 0.2) is 29.1 Å². The van der Waals surface area contributed by atoms with E-state index >= 15 is 0 Å². The molecule has 4 rings (SSSR count). The number of rotatable bonds is 4. The number of hydrogen-bond acceptors (Lipinski definition) is 4. The number of aromatic amines is 1. The van der Waals surface area contributed by atoms with Gasteiger partial charge in [0.05, 0.1) is 11.4 Å². The first-order valence-corrected chi connectivity index (χ1v) is 10.2. The maximum absolute atomic E-state index is 14.0. The first-order chi connectivity index (χ1) is 12.9. The van der Waals surface area contributed by atoms with Gasteiger partial charge in [0.2, 0.25) is 0 Å². The summed E-state index contributed by atoms with van der Waals surface area (Å²) in [6, 6.07) is 6.65. The highest BCUT2D eigenvalue weighted by molar-refractivity contribution is 7.18. The molecule has 0 aliphatic heterocycles. The van der Waals surface area contributed by atoms with Crippen molar-refractivity contribution in [3.8, 4) is 0 Å². The van der Waals surface area contributed by atoms with E-state index in [1.165, 1.54) is 16.5 Å². The Morgan fingerprint density at radius 3 is 2.96 bits per heavy atom. The van der Waals surface area contributed by atoms with E-state index in [4.69, 9.17) is 4.98 Å². The maximum Gasteiger partial charge on any atom is 0.259 e. The van der Waals surface area contributed by atoms with Gasteiger partial charge in [0.15, 0.2) is 0 Å². The summed E-state index contributed by atoms with van der Waals surface area (Å²) in [4.78, 5) is 24.7. The minimum atomic E-state index is -0.214. The number of nitrogens with one attached hydrogen (secondary N) is 1. The molecule has 27 heavy (non-hydrogen) atoms. The number of aromatic nitrogens is 2. The van der Waals surface area contributed by atoms with Gasteiger partial charge in [0.1, 0.15) is 16.5 Å². The van der Waals surface area contributed by atoms with E-state index < -0.39 is 0 Å². The number of H-pyrrole nitrogens is 1. The standard InChI is InChI=1S/C21H24FN3OS/c1-12-8-9-15-17(10-12)27-21-18(15)20(26)23-19(24-21)13(2)25(3)11-14-6-4-5-7-16(14)22/h4-7,12-13H,8-11H2,1-3H3,(H,23,24,26). The molecule has 2 aromatic heterocycles. The molecule has 0 spiro atoms. The molecule has 1 aromatic carbocycles. The van der Waals surface area contributed by atoms with Crippen LogP contribution in [0.3, 0.4) is 0 Å².